The molecule has 2 heterocycles. The van der Waals surface area contributed by atoms with Crippen LogP contribution in [0.15, 0.2) is 18.2 Å². The number of hydrogen-bond acceptors (Lipinski definition) is 8. The van der Waals surface area contributed by atoms with Crippen LogP contribution in [-0.4, -0.2) is 33.4 Å². The van der Waals surface area contributed by atoms with Crippen molar-refractivity contribution in [3.05, 3.63) is 23.8 Å². The first-order chi connectivity index (χ1) is 12.1. The van der Waals surface area contributed by atoms with E-state index in [9.17, 15) is 10.4 Å². The number of benzene rings is 1. The number of hydrogen-bond donors (Lipinski definition) is 3. The summed E-state index contributed by atoms with van der Waals surface area (Å²) in [5, 5.41) is 19.7. The molecule has 0 saturated carbocycles. The number of nitrogens with two attached hydrogens (primary N) is 2. The number of nitriles is 1. The predicted octanol–water partition coefficient (Wildman–Crippen LogP) is 1.18. The highest BCUT2D eigenvalue weighted by atomic mass is 16.7. The molecule has 9 heteroatoms. The van der Waals surface area contributed by atoms with Crippen LogP contribution in [0, 0.1) is 11.3 Å². The summed E-state index contributed by atoms with van der Waals surface area (Å²) in [5.41, 5.74) is 11.7. The van der Waals surface area contributed by atoms with Gasteiger partial charge < -0.3 is 25.9 Å². The second-order valence-electron chi connectivity index (χ2n) is 7.16. The van der Waals surface area contributed by atoms with Crippen molar-refractivity contribution in [1.82, 2.24) is 9.97 Å². The highest BCUT2D eigenvalue weighted by Gasteiger charge is 2.52. The molecule has 0 spiro atoms. The molecular formula is C17H20BN5O3. The van der Waals surface area contributed by atoms with Crippen molar-refractivity contribution in [1.29, 1.82) is 5.26 Å². The molecule has 26 heavy (non-hydrogen) atoms. The maximum absolute atomic E-state index is 10.3. The smallest absolute Gasteiger partial charge is 0.498 e. The number of aromatic nitrogens is 2. The van der Waals surface area contributed by atoms with Crippen LogP contribution in [-0.2, 0) is 9.31 Å². The van der Waals surface area contributed by atoms with Crippen molar-refractivity contribution in [2.75, 3.05) is 11.5 Å². The van der Waals surface area contributed by atoms with Gasteiger partial charge >= 0.3 is 7.12 Å². The van der Waals surface area contributed by atoms with Crippen molar-refractivity contribution in [3.8, 4) is 23.1 Å². The Bertz CT molecular complexity index is 907. The zero-order chi connectivity index (χ0) is 19.3. The Balaban J connectivity index is 2.10. The van der Waals surface area contributed by atoms with Gasteiger partial charge in [-0.1, -0.05) is 0 Å². The Kier molecular flexibility index (Phi) is 4.06. The van der Waals surface area contributed by atoms with E-state index < -0.39 is 18.3 Å². The van der Waals surface area contributed by atoms with Crippen LogP contribution < -0.4 is 16.9 Å². The fourth-order valence-corrected chi connectivity index (χ4v) is 2.68. The van der Waals surface area contributed by atoms with Crippen LogP contribution in [0.25, 0.3) is 11.3 Å². The van der Waals surface area contributed by atoms with Crippen LogP contribution in [0.5, 0.6) is 5.75 Å². The lowest BCUT2D eigenvalue weighted by molar-refractivity contribution is 0.00578. The summed E-state index contributed by atoms with van der Waals surface area (Å²) in [4.78, 5) is 7.94. The second-order valence-corrected chi connectivity index (χ2v) is 7.16. The van der Waals surface area contributed by atoms with Crippen molar-refractivity contribution in [3.63, 3.8) is 0 Å². The van der Waals surface area contributed by atoms with Gasteiger partial charge in [0.05, 0.1) is 16.9 Å². The number of phenolic OH excluding ortho intramolecular Hbond substituents is 1. The molecule has 2 aromatic rings. The molecule has 0 amide bonds. The molecule has 3 rings (SSSR count). The van der Waals surface area contributed by atoms with Gasteiger partial charge in [-0.15, -0.1) is 0 Å². The van der Waals surface area contributed by atoms with Gasteiger partial charge in [0.25, 0.3) is 0 Å². The van der Waals surface area contributed by atoms with E-state index in [-0.39, 0.29) is 28.8 Å². The van der Waals surface area contributed by atoms with E-state index in [1.807, 2.05) is 33.8 Å². The van der Waals surface area contributed by atoms with Crippen molar-refractivity contribution >= 4 is 24.3 Å². The molecule has 0 radical (unpaired) electrons. The first kappa shape index (κ1) is 18.0. The van der Waals surface area contributed by atoms with Gasteiger partial charge in [-0.3, -0.25) is 0 Å². The van der Waals surface area contributed by atoms with E-state index >= 15 is 0 Å². The molecule has 0 bridgehead atoms. The summed E-state index contributed by atoms with van der Waals surface area (Å²) in [6.45, 7) is 7.70. The van der Waals surface area contributed by atoms with Gasteiger partial charge in [-0.2, -0.15) is 10.2 Å². The summed E-state index contributed by atoms with van der Waals surface area (Å²) in [5.74, 6) is -0.0252. The molecule has 1 fully saturated rings. The molecule has 0 unspecified atom stereocenters. The Hall–Kier alpha value is -2.83. The molecule has 0 atom stereocenters. The fraction of sp³-hybridized carbons (Fsp3) is 0.353. The molecule has 0 aliphatic carbocycles. The minimum absolute atomic E-state index is 0.000239. The second kappa shape index (κ2) is 5.86. The average molecular weight is 353 g/mol. The van der Waals surface area contributed by atoms with Gasteiger partial charge in [0.1, 0.15) is 23.2 Å². The van der Waals surface area contributed by atoms with Crippen molar-refractivity contribution in [2.24, 2.45) is 0 Å². The van der Waals surface area contributed by atoms with E-state index in [1.54, 1.807) is 12.1 Å². The standard InChI is InChI=1S/C17H20BN5O3/c1-16(2)17(3,4)26-18(25-16)11-7-9(5-6-12(11)24)13-10(8-19)14(20)23-15(21)22-13/h5-7,24H,1-4H3,(H4,20,21,22,23). The topological polar surface area (TPSA) is 140 Å². The van der Waals surface area contributed by atoms with Gasteiger partial charge in [-0.25, -0.2) is 4.98 Å². The molecule has 134 valence electrons. The molecular weight excluding hydrogens is 333 g/mol. The molecule has 8 nitrogen and oxygen atoms in total. The number of aromatic hydroxyl groups is 1. The Morgan fingerprint density at radius 2 is 1.73 bits per heavy atom. The van der Waals surface area contributed by atoms with E-state index in [2.05, 4.69) is 9.97 Å². The molecule has 1 saturated heterocycles. The van der Waals surface area contributed by atoms with Crippen molar-refractivity contribution in [2.45, 2.75) is 38.9 Å². The monoisotopic (exact) mass is 353 g/mol. The third kappa shape index (κ3) is 2.83. The average Bonchev–Trinajstić information content (AvgIpc) is 2.75. The number of nitrogen functional groups attached to an aromatic ring is 2. The maximum Gasteiger partial charge on any atom is 0.498 e. The van der Waals surface area contributed by atoms with Gasteiger partial charge in [-0.05, 0) is 45.9 Å². The molecule has 1 aromatic heterocycles. The number of phenols is 1. The largest absolute Gasteiger partial charge is 0.508 e. The third-order valence-electron chi connectivity index (χ3n) is 4.87. The van der Waals surface area contributed by atoms with Gasteiger partial charge in [0, 0.05) is 11.0 Å². The summed E-state index contributed by atoms with van der Waals surface area (Å²) < 4.78 is 12.0. The minimum atomic E-state index is -0.762. The fourth-order valence-electron chi connectivity index (χ4n) is 2.68. The quantitative estimate of drug-likeness (QED) is 0.684. The predicted molar refractivity (Wildman–Crippen MR) is 98.4 cm³/mol. The van der Waals surface area contributed by atoms with Crippen LogP contribution in [0.1, 0.15) is 33.3 Å². The van der Waals surface area contributed by atoms with Crippen LogP contribution in [0.3, 0.4) is 0 Å². The number of rotatable bonds is 2. The number of nitrogens with zero attached hydrogens (tertiary/aromatic N) is 3. The normalized spacial score (nSPS) is 17.9. The summed E-state index contributed by atoms with van der Waals surface area (Å²) in [6, 6.07) is 6.75. The third-order valence-corrected chi connectivity index (χ3v) is 4.87. The minimum Gasteiger partial charge on any atom is -0.508 e. The zero-order valence-corrected chi connectivity index (χ0v) is 15.1. The molecule has 5 N–H and O–H groups in total. The molecule has 1 aliphatic heterocycles. The summed E-state index contributed by atoms with van der Waals surface area (Å²) in [7, 11) is -0.762. The Labute approximate surface area is 151 Å². The Morgan fingerprint density at radius 3 is 2.31 bits per heavy atom. The lowest BCUT2D eigenvalue weighted by Crippen LogP contribution is -2.41. The highest BCUT2D eigenvalue weighted by molar-refractivity contribution is 6.63. The Morgan fingerprint density at radius 1 is 1.12 bits per heavy atom. The van der Waals surface area contributed by atoms with Crippen molar-refractivity contribution < 1.29 is 14.4 Å². The maximum atomic E-state index is 10.3. The van der Waals surface area contributed by atoms with E-state index in [4.69, 9.17) is 20.8 Å². The van der Waals surface area contributed by atoms with Gasteiger partial charge in [0.15, 0.2) is 0 Å². The van der Waals surface area contributed by atoms with Crippen LogP contribution in [0.4, 0.5) is 11.8 Å². The first-order valence-electron chi connectivity index (χ1n) is 8.08. The summed E-state index contributed by atoms with van der Waals surface area (Å²) in [6.07, 6.45) is 0. The lowest BCUT2D eigenvalue weighted by atomic mass is 9.77. The SMILES string of the molecule is CC1(C)OB(c2cc(-c3nc(N)nc(N)c3C#N)ccc2O)OC1(C)C. The first-order valence-corrected chi connectivity index (χ1v) is 8.08. The van der Waals surface area contributed by atoms with Gasteiger partial charge in [0.2, 0.25) is 5.95 Å². The van der Waals surface area contributed by atoms with E-state index in [1.165, 1.54) is 6.07 Å². The highest BCUT2D eigenvalue weighted by Crippen LogP contribution is 2.37. The number of anilines is 2. The zero-order valence-electron chi connectivity index (χ0n) is 15.1. The molecule has 1 aromatic carbocycles. The van der Waals surface area contributed by atoms with E-state index in [0.717, 1.165) is 0 Å². The summed E-state index contributed by atoms with van der Waals surface area (Å²) >= 11 is 0. The lowest BCUT2D eigenvalue weighted by Gasteiger charge is -2.32. The molecule has 1 aliphatic rings. The van der Waals surface area contributed by atoms with Crippen LogP contribution in [0.2, 0.25) is 0 Å². The van der Waals surface area contributed by atoms with E-state index in [0.29, 0.717) is 11.0 Å². The van der Waals surface area contributed by atoms with Crippen LogP contribution >= 0.6 is 0 Å².